The van der Waals surface area contributed by atoms with E-state index in [1.165, 1.54) is 32.1 Å². The molecular formula is C7H12N4S. The van der Waals surface area contributed by atoms with Crippen LogP contribution >= 0.6 is 11.8 Å². The Hall–Kier alpha value is -0.580. The standard InChI is InChI=1S/C7H12N4S/c1-2-4-6(5-3-1)12-7-8-10-11-9-7/h6H,1-5H2,(H,8,9,10,11). The second-order valence-corrected chi connectivity index (χ2v) is 4.37. The molecule has 0 aromatic carbocycles. The molecule has 0 bridgehead atoms. The molecule has 1 aliphatic carbocycles. The maximum Gasteiger partial charge on any atom is 0.206 e. The van der Waals surface area contributed by atoms with Crippen LogP contribution in [0.1, 0.15) is 32.1 Å². The molecule has 2 rings (SSSR count). The Bertz CT molecular complexity index is 217. The topological polar surface area (TPSA) is 54.5 Å². The highest BCUT2D eigenvalue weighted by Crippen LogP contribution is 2.30. The summed E-state index contributed by atoms with van der Waals surface area (Å²) in [6, 6.07) is 0. The lowest BCUT2D eigenvalue weighted by atomic mass is 10.0. The van der Waals surface area contributed by atoms with Gasteiger partial charge in [0.2, 0.25) is 5.16 Å². The number of aromatic amines is 1. The van der Waals surface area contributed by atoms with Gasteiger partial charge in [-0.15, -0.1) is 5.10 Å². The Morgan fingerprint density at radius 1 is 1.25 bits per heavy atom. The summed E-state index contributed by atoms with van der Waals surface area (Å²) in [5.41, 5.74) is 0. The fraction of sp³-hybridized carbons (Fsp3) is 0.857. The van der Waals surface area contributed by atoms with Crippen LogP contribution in [-0.4, -0.2) is 25.9 Å². The summed E-state index contributed by atoms with van der Waals surface area (Å²) in [5.74, 6) is 0. The first-order chi connectivity index (χ1) is 5.95. The van der Waals surface area contributed by atoms with Crippen molar-refractivity contribution >= 4 is 11.8 Å². The molecule has 1 aromatic heterocycles. The van der Waals surface area contributed by atoms with Gasteiger partial charge in [0, 0.05) is 5.25 Å². The fourth-order valence-corrected chi connectivity index (χ4v) is 2.60. The van der Waals surface area contributed by atoms with Crippen molar-refractivity contribution in [2.75, 3.05) is 0 Å². The molecule has 0 saturated heterocycles. The molecule has 4 nitrogen and oxygen atoms in total. The van der Waals surface area contributed by atoms with Crippen molar-refractivity contribution in [1.82, 2.24) is 20.6 Å². The first kappa shape index (κ1) is 8.04. The number of rotatable bonds is 2. The number of thioether (sulfide) groups is 1. The average molecular weight is 184 g/mol. The molecule has 5 heteroatoms. The molecule has 66 valence electrons. The molecule has 1 fully saturated rings. The van der Waals surface area contributed by atoms with E-state index in [9.17, 15) is 0 Å². The lowest BCUT2D eigenvalue weighted by Gasteiger charge is -2.18. The van der Waals surface area contributed by atoms with Crippen LogP contribution in [0.25, 0.3) is 0 Å². The summed E-state index contributed by atoms with van der Waals surface area (Å²) in [6.07, 6.45) is 6.74. The van der Waals surface area contributed by atoms with Gasteiger partial charge in [-0.2, -0.15) is 0 Å². The van der Waals surface area contributed by atoms with E-state index in [4.69, 9.17) is 0 Å². The van der Waals surface area contributed by atoms with E-state index in [0.29, 0.717) is 0 Å². The van der Waals surface area contributed by atoms with Crippen LogP contribution in [0, 0.1) is 0 Å². The van der Waals surface area contributed by atoms with Crippen LogP contribution in [0.3, 0.4) is 0 Å². The smallest absolute Gasteiger partial charge is 0.206 e. The quantitative estimate of drug-likeness (QED) is 0.759. The van der Waals surface area contributed by atoms with E-state index in [2.05, 4.69) is 20.6 Å². The summed E-state index contributed by atoms with van der Waals surface area (Å²) in [7, 11) is 0. The molecule has 0 radical (unpaired) electrons. The maximum atomic E-state index is 3.86. The molecule has 1 saturated carbocycles. The normalized spacial score (nSPS) is 19.7. The first-order valence-electron chi connectivity index (χ1n) is 4.35. The first-order valence-corrected chi connectivity index (χ1v) is 5.23. The average Bonchev–Trinajstić information content (AvgIpc) is 2.59. The van der Waals surface area contributed by atoms with Gasteiger partial charge in [-0.3, -0.25) is 0 Å². The van der Waals surface area contributed by atoms with E-state index in [1.54, 1.807) is 11.8 Å². The van der Waals surface area contributed by atoms with Crippen LogP contribution < -0.4 is 0 Å². The monoisotopic (exact) mass is 184 g/mol. The molecule has 0 aliphatic heterocycles. The van der Waals surface area contributed by atoms with Gasteiger partial charge in [0.15, 0.2) is 0 Å². The number of H-pyrrole nitrogens is 1. The van der Waals surface area contributed by atoms with Gasteiger partial charge in [0.1, 0.15) is 0 Å². The number of nitrogens with one attached hydrogen (secondary N) is 1. The van der Waals surface area contributed by atoms with Crippen molar-refractivity contribution in [3.05, 3.63) is 0 Å². The molecule has 1 aromatic rings. The molecule has 1 aliphatic rings. The minimum Gasteiger partial charge on any atom is -0.234 e. The van der Waals surface area contributed by atoms with E-state index in [1.807, 2.05) is 0 Å². The van der Waals surface area contributed by atoms with Crippen LogP contribution in [0.5, 0.6) is 0 Å². The summed E-state index contributed by atoms with van der Waals surface area (Å²) in [6.45, 7) is 0. The number of nitrogens with zero attached hydrogens (tertiary/aromatic N) is 3. The highest BCUT2D eigenvalue weighted by Gasteiger charge is 2.15. The molecular weight excluding hydrogens is 172 g/mol. The largest absolute Gasteiger partial charge is 0.234 e. The highest BCUT2D eigenvalue weighted by molar-refractivity contribution is 7.99. The zero-order chi connectivity index (χ0) is 8.23. The summed E-state index contributed by atoms with van der Waals surface area (Å²) < 4.78 is 0. The second-order valence-electron chi connectivity index (χ2n) is 3.08. The van der Waals surface area contributed by atoms with Crippen LogP contribution in [0.15, 0.2) is 5.16 Å². The van der Waals surface area contributed by atoms with Gasteiger partial charge < -0.3 is 0 Å². The van der Waals surface area contributed by atoms with Crippen molar-refractivity contribution in [1.29, 1.82) is 0 Å². The lowest BCUT2D eigenvalue weighted by molar-refractivity contribution is 0.515. The van der Waals surface area contributed by atoms with Crippen molar-refractivity contribution in [3.63, 3.8) is 0 Å². The number of hydrogen-bond donors (Lipinski definition) is 1. The van der Waals surface area contributed by atoms with Crippen molar-refractivity contribution in [3.8, 4) is 0 Å². The number of tetrazole rings is 1. The Balaban J connectivity index is 1.86. The Kier molecular flexibility index (Phi) is 2.60. The third-order valence-corrected chi connectivity index (χ3v) is 3.36. The third-order valence-electron chi connectivity index (χ3n) is 2.16. The molecule has 1 N–H and O–H groups in total. The van der Waals surface area contributed by atoms with Gasteiger partial charge in [-0.25, -0.2) is 5.10 Å². The van der Waals surface area contributed by atoms with E-state index in [0.717, 1.165) is 10.4 Å². The zero-order valence-corrected chi connectivity index (χ0v) is 7.68. The second kappa shape index (κ2) is 3.89. The molecule has 12 heavy (non-hydrogen) atoms. The van der Waals surface area contributed by atoms with Crippen LogP contribution in [0.4, 0.5) is 0 Å². The van der Waals surface area contributed by atoms with Crippen molar-refractivity contribution < 1.29 is 0 Å². The van der Waals surface area contributed by atoms with Gasteiger partial charge >= 0.3 is 0 Å². The van der Waals surface area contributed by atoms with Gasteiger partial charge in [-0.1, -0.05) is 31.0 Å². The van der Waals surface area contributed by atoms with E-state index >= 15 is 0 Å². The zero-order valence-electron chi connectivity index (χ0n) is 6.86. The molecule has 0 spiro atoms. The molecule has 0 unspecified atom stereocenters. The van der Waals surface area contributed by atoms with Gasteiger partial charge in [0.05, 0.1) is 0 Å². The summed E-state index contributed by atoms with van der Waals surface area (Å²) in [5, 5.41) is 15.3. The van der Waals surface area contributed by atoms with E-state index in [-0.39, 0.29) is 0 Å². The summed E-state index contributed by atoms with van der Waals surface area (Å²) >= 11 is 1.78. The lowest BCUT2D eigenvalue weighted by Crippen LogP contribution is -2.07. The summed E-state index contributed by atoms with van der Waals surface area (Å²) in [4.78, 5) is 0. The number of hydrogen-bond acceptors (Lipinski definition) is 4. The molecule has 0 atom stereocenters. The van der Waals surface area contributed by atoms with Gasteiger partial charge in [-0.05, 0) is 23.3 Å². The molecule has 0 amide bonds. The third kappa shape index (κ3) is 1.97. The van der Waals surface area contributed by atoms with Gasteiger partial charge in [0.25, 0.3) is 0 Å². The van der Waals surface area contributed by atoms with Crippen molar-refractivity contribution in [2.24, 2.45) is 0 Å². The van der Waals surface area contributed by atoms with E-state index < -0.39 is 0 Å². The van der Waals surface area contributed by atoms with Crippen molar-refractivity contribution in [2.45, 2.75) is 42.5 Å². The Labute approximate surface area is 75.5 Å². The Morgan fingerprint density at radius 3 is 2.75 bits per heavy atom. The predicted molar refractivity (Wildman–Crippen MR) is 46.9 cm³/mol. The minimum atomic E-state index is 0.730. The number of aromatic nitrogens is 4. The highest BCUT2D eigenvalue weighted by atomic mass is 32.2. The molecule has 1 heterocycles. The maximum absolute atomic E-state index is 3.86. The van der Waals surface area contributed by atoms with Crippen LogP contribution in [0.2, 0.25) is 0 Å². The SMILES string of the molecule is C1CCC(Sc2nnn[nH]2)CC1. The fourth-order valence-electron chi connectivity index (χ4n) is 1.54. The van der Waals surface area contributed by atoms with Crippen LogP contribution in [-0.2, 0) is 0 Å². The Morgan fingerprint density at radius 2 is 2.08 bits per heavy atom. The predicted octanol–water partition coefficient (Wildman–Crippen LogP) is 1.62. The minimum absolute atomic E-state index is 0.730.